The lowest BCUT2D eigenvalue weighted by Crippen LogP contribution is -2.32. The Kier molecular flexibility index (Phi) is 8.20. The predicted molar refractivity (Wildman–Crippen MR) is 136 cm³/mol. The van der Waals surface area contributed by atoms with Gasteiger partial charge in [0, 0.05) is 19.2 Å². The van der Waals surface area contributed by atoms with Crippen molar-refractivity contribution in [3.63, 3.8) is 0 Å². The van der Waals surface area contributed by atoms with E-state index in [4.69, 9.17) is 14.2 Å². The number of likely N-dealkylation sites (tertiary alicyclic amines) is 1. The summed E-state index contributed by atoms with van der Waals surface area (Å²) in [6.45, 7) is 2.95. The number of amides is 1. The van der Waals surface area contributed by atoms with E-state index in [1.165, 1.54) is 24.1 Å². The van der Waals surface area contributed by atoms with Gasteiger partial charge in [0.05, 0.1) is 24.8 Å². The van der Waals surface area contributed by atoms with Crippen LogP contribution >= 0.6 is 0 Å². The van der Waals surface area contributed by atoms with Crippen LogP contribution in [0.25, 0.3) is 5.76 Å². The minimum Gasteiger partial charge on any atom is -0.507 e. The van der Waals surface area contributed by atoms with Gasteiger partial charge < -0.3 is 24.2 Å². The molecule has 1 saturated heterocycles. The standard InChI is InChI=1S/C29H28FNO6/c1-3-36-23-13-9-20(10-14-23)27(32)25-26(31(15-16-35-2)29(34)28(25)33)21-5-4-6-24(17-21)37-18-19-7-11-22(30)12-8-19/h4-14,17,26,32H,3,15-16,18H2,1-2H3/b27-25-. The largest absolute Gasteiger partial charge is 0.507 e. The Morgan fingerprint density at radius 3 is 2.38 bits per heavy atom. The van der Waals surface area contributed by atoms with Crippen LogP contribution in [0.2, 0.25) is 0 Å². The Bertz CT molecular complexity index is 1290. The minimum absolute atomic E-state index is 0.0130. The molecule has 1 atom stereocenters. The molecule has 1 heterocycles. The maximum Gasteiger partial charge on any atom is 0.295 e. The van der Waals surface area contributed by atoms with Gasteiger partial charge in [-0.25, -0.2) is 4.39 Å². The Hall–Kier alpha value is -4.17. The highest BCUT2D eigenvalue weighted by atomic mass is 19.1. The normalized spacial score (nSPS) is 16.7. The zero-order valence-corrected chi connectivity index (χ0v) is 20.6. The van der Waals surface area contributed by atoms with Gasteiger partial charge in [-0.05, 0) is 66.6 Å². The van der Waals surface area contributed by atoms with Gasteiger partial charge in [-0.1, -0.05) is 24.3 Å². The van der Waals surface area contributed by atoms with E-state index >= 15 is 0 Å². The molecule has 1 amide bonds. The summed E-state index contributed by atoms with van der Waals surface area (Å²) in [5, 5.41) is 11.2. The molecule has 1 aliphatic heterocycles. The van der Waals surface area contributed by atoms with Crippen LogP contribution in [0.3, 0.4) is 0 Å². The molecule has 0 bridgehead atoms. The molecule has 0 saturated carbocycles. The molecule has 1 unspecified atom stereocenters. The number of methoxy groups -OCH3 is 1. The lowest BCUT2D eigenvalue weighted by molar-refractivity contribution is -0.140. The number of ether oxygens (including phenoxy) is 3. The van der Waals surface area contributed by atoms with E-state index in [9.17, 15) is 19.1 Å². The molecule has 0 aromatic heterocycles. The Morgan fingerprint density at radius 2 is 1.70 bits per heavy atom. The van der Waals surface area contributed by atoms with Gasteiger partial charge in [0.2, 0.25) is 0 Å². The van der Waals surface area contributed by atoms with Gasteiger partial charge in [0.15, 0.2) is 0 Å². The van der Waals surface area contributed by atoms with Crippen LogP contribution < -0.4 is 9.47 Å². The molecule has 4 rings (SSSR count). The van der Waals surface area contributed by atoms with Gasteiger partial charge in [-0.15, -0.1) is 0 Å². The number of hydrogen-bond donors (Lipinski definition) is 1. The number of aliphatic hydroxyl groups excluding tert-OH is 1. The van der Waals surface area contributed by atoms with E-state index in [-0.39, 0.29) is 36.9 Å². The number of carbonyl (C=O) groups is 2. The highest BCUT2D eigenvalue weighted by Gasteiger charge is 2.46. The fourth-order valence-corrected chi connectivity index (χ4v) is 4.20. The maximum absolute atomic E-state index is 13.2. The van der Waals surface area contributed by atoms with E-state index in [1.54, 1.807) is 60.7 Å². The zero-order valence-electron chi connectivity index (χ0n) is 20.6. The van der Waals surface area contributed by atoms with Crippen LogP contribution in [-0.2, 0) is 20.9 Å². The van der Waals surface area contributed by atoms with Crippen LogP contribution in [-0.4, -0.2) is 48.6 Å². The number of hydrogen-bond acceptors (Lipinski definition) is 6. The minimum atomic E-state index is -0.837. The second-order valence-corrected chi connectivity index (χ2v) is 8.43. The Balaban J connectivity index is 1.70. The fraction of sp³-hybridized carbons (Fsp3) is 0.241. The summed E-state index contributed by atoms with van der Waals surface area (Å²) in [5.74, 6) is -0.965. The van der Waals surface area contributed by atoms with Crippen LogP contribution in [0.1, 0.15) is 29.7 Å². The molecular weight excluding hydrogens is 477 g/mol. The molecule has 0 aliphatic carbocycles. The van der Waals surface area contributed by atoms with E-state index in [0.29, 0.717) is 29.2 Å². The Labute approximate surface area is 214 Å². The lowest BCUT2D eigenvalue weighted by Gasteiger charge is -2.25. The van der Waals surface area contributed by atoms with Crippen molar-refractivity contribution in [2.75, 3.05) is 26.9 Å². The Morgan fingerprint density at radius 1 is 0.973 bits per heavy atom. The molecule has 7 nitrogen and oxygen atoms in total. The maximum atomic E-state index is 13.2. The number of halogens is 1. The molecular formula is C29H28FNO6. The molecule has 0 spiro atoms. The predicted octanol–water partition coefficient (Wildman–Crippen LogP) is 4.87. The molecule has 1 fully saturated rings. The van der Waals surface area contributed by atoms with Crippen molar-refractivity contribution >= 4 is 17.4 Å². The summed E-state index contributed by atoms with van der Waals surface area (Å²) in [4.78, 5) is 27.5. The third-order valence-electron chi connectivity index (χ3n) is 6.01. The van der Waals surface area contributed by atoms with Crippen molar-refractivity contribution in [2.45, 2.75) is 19.6 Å². The van der Waals surface area contributed by atoms with Crippen molar-refractivity contribution in [1.29, 1.82) is 0 Å². The lowest BCUT2D eigenvalue weighted by atomic mass is 9.95. The highest BCUT2D eigenvalue weighted by Crippen LogP contribution is 2.40. The highest BCUT2D eigenvalue weighted by molar-refractivity contribution is 6.46. The summed E-state index contributed by atoms with van der Waals surface area (Å²) in [6, 6.07) is 18.8. The monoisotopic (exact) mass is 505 g/mol. The van der Waals surface area contributed by atoms with Gasteiger partial charge in [0.25, 0.3) is 11.7 Å². The first kappa shape index (κ1) is 25.9. The van der Waals surface area contributed by atoms with Gasteiger partial charge >= 0.3 is 0 Å². The number of rotatable bonds is 10. The van der Waals surface area contributed by atoms with E-state index in [0.717, 1.165) is 5.56 Å². The number of nitrogens with zero attached hydrogens (tertiary/aromatic N) is 1. The summed E-state index contributed by atoms with van der Waals surface area (Å²) in [5.41, 5.74) is 1.76. The van der Waals surface area contributed by atoms with E-state index in [1.807, 2.05) is 6.92 Å². The molecule has 3 aromatic rings. The number of aliphatic hydroxyl groups is 1. The average molecular weight is 506 g/mol. The number of ketones is 1. The van der Waals surface area contributed by atoms with Gasteiger partial charge in [0.1, 0.15) is 29.7 Å². The summed E-state index contributed by atoms with van der Waals surface area (Å²) < 4.78 is 29.7. The van der Waals surface area contributed by atoms with Crippen LogP contribution in [0.15, 0.2) is 78.4 Å². The average Bonchev–Trinajstić information content (AvgIpc) is 3.17. The van der Waals surface area contributed by atoms with Gasteiger partial charge in [-0.2, -0.15) is 0 Å². The van der Waals surface area contributed by atoms with E-state index < -0.39 is 17.7 Å². The second kappa shape index (κ2) is 11.7. The number of benzene rings is 3. The van der Waals surface area contributed by atoms with Crippen molar-refractivity contribution in [3.05, 3.63) is 101 Å². The van der Waals surface area contributed by atoms with E-state index in [2.05, 4.69) is 0 Å². The van der Waals surface area contributed by atoms with Crippen LogP contribution in [0.5, 0.6) is 11.5 Å². The molecule has 192 valence electrons. The van der Waals surface area contributed by atoms with Crippen molar-refractivity contribution in [2.24, 2.45) is 0 Å². The third-order valence-corrected chi connectivity index (χ3v) is 6.01. The first-order valence-corrected chi connectivity index (χ1v) is 11.9. The summed E-state index contributed by atoms with van der Waals surface area (Å²) >= 11 is 0. The number of Topliss-reactive ketones (excluding diaryl/α,β-unsaturated/α-hetero) is 1. The zero-order chi connectivity index (χ0) is 26.4. The molecule has 3 aromatic carbocycles. The summed E-state index contributed by atoms with van der Waals surface area (Å²) in [6.07, 6.45) is 0. The quantitative estimate of drug-likeness (QED) is 0.240. The van der Waals surface area contributed by atoms with Gasteiger partial charge in [-0.3, -0.25) is 9.59 Å². The first-order valence-electron chi connectivity index (χ1n) is 11.9. The van der Waals surface area contributed by atoms with Crippen molar-refractivity contribution in [1.82, 2.24) is 4.90 Å². The molecule has 1 aliphatic rings. The molecule has 8 heteroatoms. The van der Waals surface area contributed by atoms with Crippen molar-refractivity contribution < 1.29 is 33.3 Å². The van der Waals surface area contributed by atoms with Crippen molar-refractivity contribution in [3.8, 4) is 11.5 Å². The first-order chi connectivity index (χ1) is 17.9. The number of carbonyl (C=O) groups excluding carboxylic acids is 2. The smallest absolute Gasteiger partial charge is 0.295 e. The topological polar surface area (TPSA) is 85.3 Å². The fourth-order valence-electron chi connectivity index (χ4n) is 4.20. The van der Waals surface area contributed by atoms with Crippen LogP contribution in [0, 0.1) is 5.82 Å². The molecule has 37 heavy (non-hydrogen) atoms. The molecule has 1 N–H and O–H groups in total. The van der Waals surface area contributed by atoms with Crippen LogP contribution in [0.4, 0.5) is 4.39 Å². The second-order valence-electron chi connectivity index (χ2n) is 8.43. The SMILES string of the molecule is CCOc1ccc(/C(O)=C2/C(=O)C(=O)N(CCOC)C2c2cccc(OCc3ccc(F)cc3)c2)cc1. The summed E-state index contributed by atoms with van der Waals surface area (Å²) in [7, 11) is 1.51. The third kappa shape index (κ3) is 5.81. The molecule has 0 radical (unpaired) electrons.